The number of hydrogen-bond donors (Lipinski definition) is 2. The molecular weight excluding hydrogens is 240 g/mol. The number of ether oxygens (including phenoxy) is 1. The van der Waals surface area contributed by atoms with Crippen molar-refractivity contribution < 1.29 is 13.2 Å². The zero-order valence-corrected chi connectivity index (χ0v) is 11.0. The molecule has 1 atom stereocenters. The summed E-state index contributed by atoms with van der Waals surface area (Å²) in [5, 5.41) is 3.20. The van der Waals surface area contributed by atoms with Crippen LogP contribution in [0.15, 0.2) is 0 Å². The molecule has 0 spiro atoms. The van der Waals surface area contributed by atoms with Gasteiger partial charge in [0, 0.05) is 25.7 Å². The van der Waals surface area contributed by atoms with Gasteiger partial charge in [0.1, 0.15) is 0 Å². The third-order valence-electron chi connectivity index (χ3n) is 3.19. The maximum absolute atomic E-state index is 11.6. The van der Waals surface area contributed by atoms with Crippen LogP contribution in [0.2, 0.25) is 0 Å². The van der Waals surface area contributed by atoms with Crippen LogP contribution in [0, 0.1) is 0 Å². The topological polar surface area (TPSA) is 67.4 Å². The van der Waals surface area contributed by atoms with Crippen LogP contribution in [0.5, 0.6) is 0 Å². The summed E-state index contributed by atoms with van der Waals surface area (Å²) in [5.41, 5.74) is 0. The fourth-order valence-corrected chi connectivity index (χ4v) is 2.96. The Hall–Kier alpha value is -0.170. The van der Waals surface area contributed by atoms with Crippen molar-refractivity contribution in [2.24, 2.45) is 0 Å². The average Bonchev–Trinajstić information content (AvgIpc) is 2.93. The molecule has 6 heteroatoms. The van der Waals surface area contributed by atoms with Crippen molar-refractivity contribution >= 4 is 10.0 Å². The summed E-state index contributed by atoms with van der Waals surface area (Å²) in [5.74, 6) is 0.176. The van der Waals surface area contributed by atoms with Gasteiger partial charge < -0.3 is 10.1 Å². The number of rotatable bonds is 8. The van der Waals surface area contributed by atoms with E-state index in [9.17, 15) is 8.42 Å². The number of nitrogens with one attached hydrogen (secondary N) is 2. The third-order valence-corrected chi connectivity index (χ3v) is 4.58. The standard InChI is InChI=1S/C11H22N2O3S/c14-17(15,9-7-12-10-3-4-10)13-6-5-11-2-1-8-16-11/h10-13H,1-9H2. The molecule has 0 bridgehead atoms. The second-order valence-electron chi connectivity index (χ2n) is 4.87. The predicted octanol–water partition coefficient (Wildman–Crippen LogP) is 0.227. The lowest BCUT2D eigenvalue weighted by Crippen LogP contribution is -2.34. The fourth-order valence-electron chi connectivity index (χ4n) is 2.00. The van der Waals surface area contributed by atoms with Gasteiger partial charge in [0.2, 0.25) is 10.0 Å². The first kappa shape index (κ1) is 13.3. The minimum absolute atomic E-state index is 0.176. The Balaban J connectivity index is 1.55. The Kier molecular flexibility index (Phi) is 4.78. The van der Waals surface area contributed by atoms with E-state index < -0.39 is 10.0 Å². The largest absolute Gasteiger partial charge is 0.378 e. The van der Waals surface area contributed by atoms with E-state index in [0.717, 1.165) is 25.9 Å². The molecular formula is C11H22N2O3S. The van der Waals surface area contributed by atoms with Crippen molar-refractivity contribution in [3.05, 3.63) is 0 Å². The highest BCUT2D eigenvalue weighted by Gasteiger charge is 2.21. The molecule has 0 amide bonds. The molecule has 100 valence electrons. The lowest BCUT2D eigenvalue weighted by atomic mass is 10.2. The lowest BCUT2D eigenvalue weighted by molar-refractivity contribution is 0.105. The number of sulfonamides is 1. The van der Waals surface area contributed by atoms with Gasteiger partial charge in [-0.25, -0.2) is 13.1 Å². The summed E-state index contributed by atoms with van der Waals surface area (Å²) in [6, 6.07) is 0.567. The number of hydrogen-bond acceptors (Lipinski definition) is 4. The second-order valence-corrected chi connectivity index (χ2v) is 6.79. The van der Waals surface area contributed by atoms with Crippen molar-refractivity contribution in [1.29, 1.82) is 0 Å². The SMILES string of the molecule is O=S(=O)(CCNC1CC1)NCCC1CCCO1. The van der Waals surface area contributed by atoms with E-state index in [0.29, 0.717) is 19.1 Å². The molecule has 0 radical (unpaired) electrons. The van der Waals surface area contributed by atoms with Crippen LogP contribution in [0.3, 0.4) is 0 Å². The van der Waals surface area contributed by atoms with E-state index in [1.165, 1.54) is 12.8 Å². The Morgan fingerprint density at radius 1 is 1.18 bits per heavy atom. The zero-order valence-electron chi connectivity index (χ0n) is 10.2. The third kappa shape index (κ3) is 5.33. The Labute approximate surface area is 103 Å². The molecule has 0 aromatic carbocycles. The quantitative estimate of drug-likeness (QED) is 0.657. The normalized spacial score (nSPS) is 25.3. The monoisotopic (exact) mass is 262 g/mol. The van der Waals surface area contributed by atoms with Crippen LogP contribution in [0.4, 0.5) is 0 Å². The molecule has 1 aliphatic heterocycles. The van der Waals surface area contributed by atoms with Crippen molar-refractivity contribution in [2.45, 2.75) is 44.2 Å². The fraction of sp³-hybridized carbons (Fsp3) is 1.00. The van der Waals surface area contributed by atoms with Crippen LogP contribution < -0.4 is 10.0 Å². The van der Waals surface area contributed by atoms with E-state index >= 15 is 0 Å². The van der Waals surface area contributed by atoms with Gasteiger partial charge in [0.15, 0.2) is 0 Å². The van der Waals surface area contributed by atoms with E-state index in [2.05, 4.69) is 10.0 Å². The Bertz CT molecular complexity index is 322. The lowest BCUT2D eigenvalue weighted by Gasteiger charge is -2.10. The average molecular weight is 262 g/mol. The highest BCUT2D eigenvalue weighted by Crippen LogP contribution is 2.18. The first-order chi connectivity index (χ1) is 8.16. The molecule has 2 N–H and O–H groups in total. The molecule has 5 nitrogen and oxygen atoms in total. The van der Waals surface area contributed by atoms with Crippen molar-refractivity contribution in [3.8, 4) is 0 Å². The van der Waals surface area contributed by atoms with Gasteiger partial charge in [-0.3, -0.25) is 0 Å². The molecule has 2 fully saturated rings. The van der Waals surface area contributed by atoms with Crippen LogP contribution in [-0.4, -0.2) is 46.0 Å². The van der Waals surface area contributed by atoms with Gasteiger partial charge in [0.25, 0.3) is 0 Å². The van der Waals surface area contributed by atoms with Gasteiger partial charge >= 0.3 is 0 Å². The van der Waals surface area contributed by atoms with Gasteiger partial charge in [-0.2, -0.15) is 0 Å². The van der Waals surface area contributed by atoms with Crippen molar-refractivity contribution in [3.63, 3.8) is 0 Å². The first-order valence-corrected chi connectivity index (χ1v) is 8.13. The molecule has 1 unspecified atom stereocenters. The van der Waals surface area contributed by atoms with E-state index in [1.807, 2.05) is 0 Å². The summed E-state index contributed by atoms with van der Waals surface area (Å²) in [6.07, 6.45) is 5.57. The smallest absolute Gasteiger partial charge is 0.212 e. The first-order valence-electron chi connectivity index (χ1n) is 6.48. The molecule has 2 rings (SSSR count). The molecule has 17 heavy (non-hydrogen) atoms. The summed E-state index contributed by atoms with van der Waals surface area (Å²) < 4.78 is 31.3. The van der Waals surface area contributed by atoms with Gasteiger partial charge in [-0.05, 0) is 32.1 Å². The molecule has 1 saturated heterocycles. The second kappa shape index (κ2) is 6.13. The highest BCUT2D eigenvalue weighted by atomic mass is 32.2. The summed E-state index contributed by atoms with van der Waals surface area (Å²) in [7, 11) is -3.11. The molecule has 1 saturated carbocycles. The van der Waals surface area contributed by atoms with E-state index in [1.54, 1.807) is 0 Å². The Morgan fingerprint density at radius 2 is 2.00 bits per heavy atom. The minimum Gasteiger partial charge on any atom is -0.378 e. The summed E-state index contributed by atoms with van der Waals surface area (Å²) >= 11 is 0. The summed E-state index contributed by atoms with van der Waals surface area (Å²) in [6.45, 7) is 1.87. The van der Waals surface area contributed by atoms with Crippen LogP contribution >= 0.6 is 0 Å². The Morgan fingerprint density at radius 3 is 2.65 bits per heavy atom. The van der Waals surface area contributed by atoms with Gasteiger partial charge in [-0.15, -0.1) is 0 Å². The van der Waals surface area contributed by atoms with Gasteiger partial charge in [0.05, 0.1) is 11.9 Å². The molecule has 0 aromatic heterocycles. The molecule has 1 aliphatic carbocycles. The molecule has 1 heterocycles. The molecule has 2 aliphatic rings. The van der Waals surface area contributed by atoms with Gasteiger partial charge in [-0.1, -0.05) is 0 Å². The van der Waals surface area contributed by atoms with E-state index in [4.69, 9.17) is 4.74 Å². The predicted molar refractivity (Wildman–Crippen MR) is 66.4 cm³/mol. The maximum atomic E-state index is 11.6. The zero-order chi connectivity index (χ0) is 12.1. The van der Waals surface area contributed by atoms with Crippen LogP contribution in [0.1, 0.15) is 32.1 Å². The maximum Gasteiger partial charge on any atom is 0.212 e. The minimum atomic E-state index is -3.11. The van der Waals surface area contributed by atoms with Crippen LogP contribution in [0.25, 0.3) is 0 Å². The highest BCUT2D eigenvalue weighted by molar-refractivity contribution is 7.89. The molecule has 0 aromatic rings. The van der Waals surface area contributed by atoms with E-state index in [-0.39, 0.29) is 11.9 Å². The van der Waals surface area contributed by atoms with Crippen molar-refractivity contribution in [1.82, 2.24) is 10.0 Å². The van der Waals surface area contributed by atoms with Crippen LogP contribution in [-0.2, 0) is 14.8 Å². The van der Waals surface area contributed by atoms with Crippen molar-refractivity contribution in [2.75, 3.05) is 25.4 Å². The summed E-state index contributed by atoms with van der Waals surface area (Å²) in [4.78, 5) is 0.